The highest BCUT2D eigenvalue weighted by atomic mass is 16.5. The average molecular weight is 474 g/mol. The summed E-state index contributed by atoms with van der Waals surface area (Å²) in [5.74, 6) is -1.94. The summed E-state index contributed by atoms with van der Waals surface area (Å²) in [6.45, 7) is 1.38. The van der Waals surface area contributed by atoms with Crippen molar-refractivity contribution in [3.8, 4) is 11.5 Å². The Morgan fingerprint density at radius 3 is 2.06 bits per heavy atom. The van der Waals surface area contributed by atoms with Gasteiger partial charge in [-0.25, -0.2) is 10.2 Å². The van der Waals surface area contributed by atoms with Crippen molar-refractivity contribution in [2.24, 2.45) is 5.10 Å². The fraction of sp³-hybridized carbons (Fsp3) is 0.0800. The molecule has 0 radical (unpaired) electrons. The molecule has 0 heterocycles. The summed E-state index contributed by atoms with van der Waals surface area (Å²) >= 11 is 0. The van der Waals surface area contributed by atoms with Crippen molar-refractivity contribution in [2.75, 3.05) is 17.7 Å². The molecule has 3 rings (SSSR count). The molecule has 0 aliphatic heterocycles. The number of esters is 1. The molecule has 0 atom stereocenters. The molecule has 0 unspecified atom stereocenters. The molecule has 0 fully saturated rings. The molecule has 10 nitrogen and oxygen atoms in total. The van der Waals surface area contributed by atoms with E-state index in [-0.39, 0.29) is 5.91 Å². The number of ether oxygens (including phenoxy) is 2. The van der Waals surface area contributed by atoms with Crippen LogP contribution >= 0.6 is 0 Å². The molecule has 0 saturated carbocycles. The number of para-hydroxylation sites is 1. The van der Waals surface area contributed by atoms with E-state index in [4.69, 9.17) is 9.47 Å². The van der Waals surface area contributed by atoms with E-state index in [9.17, 15) is 19.2 Å². The van der Waals surface area contributed by atoms with Gasteiger partial charge in [-0.1, -0.05) is 12.1 Å². The maximum Gasteiger partial charge on any atom is 0.347 e. The molecule has 178 valence electrons. The molecule has 0 spiro atoms. The van der Waals surface area contributed by atoms with Gasteiger partial charge in [0, 0.05) is 18.3 Å². The lowest BCUT2D eigenvalue weighted by Gasteiger charge is -2.08. The summed E-state index contributed by atoms with van der Waals surface area (Å²) in [4.78, 5) is 47.3. The third-order valence-electron chi connectivity index (χ3n) is 4.47. The minimum atomic E-state index is -0.963. The second-order valence-electron chi connectivity index (χ2n) is 7.07. The molecule has 3 aromatic rings. The summed E-state index contributed by atoms with van der Waals surface area (Å²) < 4.78 is 10.5. The van der Waals surface area contributed by atoms with Gasteiger partial charge in [-0.3, -0.25) is 14.4 Å². The Morgan fingerprint density at radius 1 is 0.800 bits per heavy atom. The Bertz CT molecular complexity index is 1250. The Hall–Kier alpha value is -4.99. The van der Waals surface area contributed by atoms with Gasteiger partial charge in [0.2, 0.25) is 5.91 Å². The smallest absolute Gasteiger partial charge is 0.347 e. The normalized spacial score (nSPS) is 10.3. The number of amides is 3. The number of hydrogen-bond donors (Lipinski definition) is 3. The molecule has 3 aromatic carbocycles. The van der Waals surface area contributed by atoms with Crippen LogP contribution in [0.2, 0.25) is 0 Å². The summed E-state index contributed by atoms with van der Waals surface area (Å²) in [5, 5.41) is 8.77. The lowest BCUT2D eigenvalue weighted by atomic mass is 10.2. The van der Waals surface area contributed by atoms with Crippen molar-refractivity contribution in [3.05, 3.63) is 83.9 Å². The minimum Gasteiger partial charge on any atom is -0.496 e. The molecule has 3 amide bonds. The van der Waals surface area contributed by atoms with Crippen molar-refractivity contribution in [1.29, 1.82) is 0 Å². The lowest BCUT2D eigenvalue weighted by Crippen LogP contribution is -2.32. The van der Waals surface area contributed by atoms with Crippen LogP contribution in [0.5, 0.6) is 11.5 Å². The fourth-order valence-corrected chi connectivity index (χ4v) is 2.84. The second-order valence-corrected chi connectivity index (χ2v) is 7.07. The Kier molecular flexibility index (Phi) is 8.28. The molecule has 0 aliphatic rings. The predicted molar refractivity (Wildman–Crippen MR) is 130 cm³/mol. The van der Waals surface area contributed by atoms with E-state index in [1.54, 1.807) is 72.8 Å². The first-order valence-electron chi connectivity index (χ1n) is 10.3. The standard InChI is InChI=1S/C25H22N4O6/c1-16(30)27-18-9-11-19(12-10-18)28-23(31)24(32)29-26-15-17-7-13-20(14-8-17)35-25(33)21-5-3-4-6-22(21)34-2/h3-15H,1-2H3,(H,27,30)(H,28,31)(H,29,32)/b26-15+. The summed E-state index contributed by atoms with van der Waals surface area (Å²) in [6, 6.07) is 19.3. The van der Waals surface area contributed by atoms with Gasteiger partial charge in [0.05, 0.1) is 13.3 Å². The fourth-order valence-electron chi connectivity index (χ4n) is 2.84. The predicted octanol–water partition coefficient (Wildman–Crippen LogP) is 2.96. The third kappa shape index (κ3) is 7.26. The van der Waals surface area contributed by atoms with Crippen molar-refractivity contribution in [2.45, 2.75) is 6.92 Å². The molecule has 0 aliphatic carbocycles. The number of nitrogens with one attached hydrogen (secondary N) is 3. The maximum absolute atomic E-state index is 12.3. The van der Waals surface area contributed by atoms with Crippen LogP contribution in [0.15, 0.2) is 77.9 Å². The average Bonchev–Trinajstić information content (AvgIpc) is 2.85. The minimum absolute atomic E-state index is 0.220. The van der Waals surface area contributed by atoms with Crippen LogP contribution in [0.1, 0.15) is 22.8 Å². The number of methoxy groups -OCH3 is 1. The highest BCUT2D eigenvalue weighted by Crippen LogP contribution is 2.20. The first-order valence-corrected chi connectivity index (χ1v) is 10.3. The maximum atomic E-state index is 12.3. The van der Waals surface area contributed by atoms with E-state index in [2.05, 4.69) is 21.2 Å². The zero-order valence-corrected chi connectivity index (χ0v) is 18.9. The van der Waals surface area contributed by atoms with Gasteiger partial charge >= 0.3 is 17.8 Å². The third-order valence-corrected chi connectivity index (χ3v) is 4.47. The van der Waals surface area contributed by atoms with Gasteiger partial charge in [-0.2, -0.15) is 5.10 Å². The highest BCUT2D eigenvalue weighted by Gasteiger charge is 2.14. The van der Waals surface area contributed by atoms with E-state index in [0.29, 0.717) is 34.0 Å². The van der Waals surface area contributed by atoms with Gasteiger partial charge in [-0.15, -0.1) is 0 Å². The van der Waals surface area contributed by atoms with Crippen LogP contribution in [0, 0.1) is 0 Å². The van der Waals surface area contributed by atoms with Gasteiger partial charge in [-0.05, 0) is 66.2 Å². The SMILES string of the molecule is COc1ccccc1C(=O)Oc1ccc(/C=N/NC(=O)C(=O)Nc2ccc(NC(C)=O)cc2)cc1. The van der Waals surface area contributed by atoms with E-state index in [0.717, 1.165) is 0 Å². The van der Waals surface area contributed by atoms with E-state index in [1.807, 2.05) is 0 Å². The largest absolute Gasteiger partial charge is 0.496 e. The first-order chi connectivity index (χ1) is 16.9. The van der Waals surface area contributed by atoms with Crippen LogP contribution < -0.4 is 25.5 Å². The number of benzene rings is 3. The number of hydrazone groups is 1. The number of anilines is 2. The van der Waals surface area contributed by atoms with E-state index < -0.39 is 17.8 Å². The van der Waals surface area contributed by atoms with Crippen LogP contribution in [0.25, 0.3) is 0 Å². The monoisotopic (exact) mass is 474 g/mol. The van der Waals surface area contributed by atoms with Gasteiger partial charge in [0.1, 0.15) is 17.1 Å². The van der Waals surface area contributed by atoms with Crippen LogP contribution in [0.3, 0.4) is 0 Å². The number of carbonyl (C=O) groups excluding carboxylic acids is 4. The summed E-state index contributed by atoms with van der Waals surface area (Å²) in [6.07, 6.45) is 1.33. The van der Waals surface area contributed by atoms with Gasteiger partial charge in [0.15, 0.2) is 0 Å². The van der Waals surface area contributed by atoms with Crippen molar-refractivity contribution in [3.63, 3.8) is 0 Å². The number of carbonyl (C=O) groups is 4. The number of rotatable bonds is 7. The van der Waals surface area contributed by atoms with E-state index in [1.165, 1.54) is 20.2 Å². The Morgan fingerprint density at radius 2 is 1.43 bits per heavy atom. The van der Waals surface area contributed by atoms with E-state index >= 15 is 0 Å². The molecule has 10 heteroatoms. The number of hydrogen-bond acceptors (Lipinski definition) is 7. The zero-order chi connectivity index (χ0) is 25.2. The van der Waals surface area contributed by atoms with Crippen LogP contribution in [-0.2, 0) is 14.4 Å². The lowest BCUT2D eigenvalue weighted by molar-refractivity contribution is -0.136. The summed E-state index contributed by atoms with van der Waals surface area (Å²) in [5.41, 5.74) is 3.96. The molecule has 3 N–H and O–H groups in total. The Labute approximate surface area is 200 Å². The highest BCUT2D eigenvalue weighted by molar-refractivity contribution is 6.39. The summed E-state index contributed by atoms with van der Waals surface area (Å²) in [7, 11) is 1.47. The molecule has 0 saturated heterocycles. The molecule has 35 heavy (non-hydrogen) atoms. The van der Waals surface area contributed by atoms with Crippen molar-refractivity contribution >= 4 is 41.3 Å². The molecular weight excluding hydrogens is 452 g/mol. The van der Waals surface area contributed by atoms with Crippen molar-refractivity contribution < 1.29 is 28.7 Å². The second kappa shape index (κ2) is 11.8. The van der Waals surface area contributed by atoms with Crippen LogP contribution in [0.4, 0.5) is 11.4 Å². The quantitative estimate of drug-likeness (QED) is 0.158. The molecule has 0 aromatic heterocycles. The molecular formula is C25H22N4O6. The Balaban J connectivity index is 1.50. The van der Waals surface area contributed by atoms with Gasteiger partial charge < -0.3 is 20.1 Å². The first kappa shape index (κ1) is 24.6. The van der Waals surface area contributed by atoms with Crippen LogP contribution in [-0.4, -0.2) is 37.0 Å². The van der Waals surface area contributed by atoms with Gasteiger partial charge in [0.25, 0.3) is 0 Å². The molecule has 0 bridgehead atoms. The number of nitrogens with zero attached hydrogens (tertiary/aromatic N) is 1. The van der Waals surface area contributed by atoms with Crippen molar-refractivity contribution in [1.82, 2.24) is 5.43 Å². The topological polar surface area (TPSA) is 135 Å². The zero-order valence-electron chi connectivity index (χ0n) is 18.9.